The second-order valence-corrected chi connectivity index (χ2v) is 8.63. The Morgan fingerprint density at radius 2 is 1.83 bits per heavy atom. The van der Waals surface area contributed by atoms with Gasteiger partial charge in [0, 0.05) is 6.20 Å². The third kappa shape index (κ3) is 2.86. The second-order valence-electron chi connectivity index (χ2n) is 6.43. The summed E-state index contributed by atoms with van der Waals surface area (Å²) in [6.07, 6.45) is 1.51. The summed E-state index contributed by atoms with van der Waals surface area (Å²) in [4.78, 5) is 4.40. The van der Waals surface area contributed by atoms with Gasteiger partial charge in [0.05, 0.1) is 15.9 Å². The molecule has 0 aliphatic heterocycles. The first-order chi connectivity index (χ1) is 10.7. The summed E-state index contributed by atoms with van der Waals surface area (Å²) in [7, 11) is -3.68. The van der Waals surface area contributed by atoms with E-state index in [1.165, 1.54) is 10.2 Å². The fourth-order valence-corrected chi connectivity index (χ4v) is 3.96. The number of hydrogen-bond acceptors (Lipinski definition) is 3. The maximum Gasteiger partial charge on any atom is 0.268 e. The Labute approximate surface area is 140 Å². The Hall–Kier alpha value is -1.85. The molecule has 2 aromatic heterocycles. The van der Waals surface area contributed by atoms with Crippen molar-refractivity contribution >= 4 is 32.7 Å². The first-order valence-electron chi connectivity index (χ1n) is 7.19. The smallest absolute Gasteiger partial charge is 0.240 e. The van der Waals surface area contributed by atoms with Gasteiger partial charge in [0.1, 0.15) is 5.15 Å². The molecule has 6 heteroatoms. The number of fused-ring (bicyclic) bond motifs is 1. The van der Waals surface area contributed by atoms with Crippen LogP contribution in [0, 0.1) is 0 Å². The lowest BCUT2D eigenvalue weighted by Gasteiger charge is -2.20. The van der Waals surface area contributed by atoms with Crippen LogP contribution in [0.15, 0.2) is 53.6 Å². The maximum atomic E-state index is 13.0. The van der Waals surface area contributed by atoms with Crippen molar-refractivity contribution in [2.45, 2.75) is 31.1 Å². The van der Waals surface area contributed by atoms with Gasteiger partial charge in [-0.2, -0.15) is 0 Å². The van der Waals surface area contributed by atoms with Gasteiger partial charge in [-0.15, -0.1) is 0 Å². The van der Waals surface area contributed by atoms with E-state index in [4.69, 9.17) is 11.6 Å². The molecule has 3 rings (SSSR count). The molecule has 0 radical (unpaired) electrons. The van der Waals surface area contributed by atoms with Gasteiger partial charge >= 0.3 is 0 Å². The van der Waals surface area contributed by atoms with Gasteiger partial charge in [-0.25, -0.2) is 17.4 Å². The predicted octanol–water partition coefficient (Wildman–Crippen LogP) is 4.22. The number of halogens is 1. The van der Waals surface area contributed by atoms with E-state index >= 15 is 0 Å². The summed E-state index contributed by atoms with van der Waals surface area (Å²) in [6.45, 7) is 6.15. The standard InChI is InChI=1S/C17H17ClN2O2S/c1-17(2,3)12-5-4-6-13(11-12)23(21,22)20-10-9-14-15(20)7-8-16(18)19-14/h4-11H,1-3H3. The van der Waals surface area contributed by atoms with Crippen molar-refractivity contribution in [3.05, 3.63) is 59.4 Å². The van der Waals surface area contributed by atoms with Crippen LogP contribution in [0.1, 0.15) is 26.3 Å². The van der Waals surface area contributed by atoms with Crippen molar-refractivity contribution in [2.24, 2.45) is 0 Å². The van der Waals surface area contributed by atoms with Gasteiger partial charge in [-0.05, 0) is 41.3 Å². The van der Waals surface area contributed by atoms with E-state index in [0.717, 1.165) is 5.56 Å². The Kier molecular flexibility index (Phi) is 3.73. The summed E-state index contributed by atoms with van der Waals surface area (Å²) in [5, 5.41) is 0.336. The monoisotopic (exact) mass is 348 g/mol. The summed E-state index contributed by atoms with van der Waals surface area (Å²) < 4.78 is 27.2. The maximum absolute atomic E-state index is 13.0. The minimum Gasteiger partial charge on any atom is -0.240 e. The average Bonchev–Trinajstić information content (AvgIpc) is 2.90. The summed E-state index contributed by atoms with van der Waals surface area (Å²) in [5.41, 5.74) is 1.90. The van der Waals surface area contributed by atoms with Crippen molar-refractivity contribution in [2.75, 3.05) is 0 Å². The second kappa shape index (κ2) is 5.35. The molecular formula is C17H17ClN2O2S. The molecule has 0 N–H and O–H groups in total. The first kappa shape index (κ1) is 16.0. The zero-order chi connectivity index (χ0) is 16.8. The first-order valence-corrected chi connectivity index (χ1v) is 9.01. The van der Waals surface area contributed by atoms with E-state index < -0.39 is 10.0 Å². The lowest BCUT2D eigenvalue weighted by molar-refractivity contribution is 0.580. The molecule has 0 aliphatic carbocycles. The minimum absolute atomic E-state index is 0.126. The van der Waals surface area contributed by atoms with Crippen molar-refractivity contribution in [1.29, 1.82) is 0 Å². The molecule has 0 bridgehead atoms. The highest BCUT2D eigenvalue weighted by molar-refractivity contribution is 7.90. The zero-order valence-electron chi connectivity index (χ0n) is 13.1. The number of rotatable bonds is 2. The van der Waals surface area contributed by atoms with Crippen molar-refractivity contribution in [1.82, 2.24) is 8.96 Å². The van der Waals surface area contributed by atoms with Crippen molar-refractivity contribution in [3.63, 3.8) is 0 Å². The van der Waals surface area contributed by atoms with Gasteiger partial charge < -0.3 is 0 Å². The van der Waals surface area contributed by atoms with E-state index in [-0.39, 0.29) is 10.3 Å². The quantitative estimate of drug-likeness (QED) is 0.651. The molecule has 2 heterocycles. The molecule has 1 aromatic carbocycles. The molecule has 4 nitrogen and oxygen atoms in total. The third-order valence-electron chi connectivity index (χ3n) is 3.73. The summed E-state index contributed by atoms with van der Waals surface area (Å²) in [5.74, 6) is 0. The van der Waals surface area contributed by atoms with Crippen LogP contribution < -0.4 is 0 Å². The van der Waals surface area contributed by atoms with Gasteiger partial charge in [0.15, 0.2) is 0 Å². The highest BCUT2D eigenvalue weighted by atomic mass is 35.5. The molecule has 3 aromatic rings. The highest BCUT2D eigenvalue weighted by Gasteiger charge is 2.22. The van der Waals surface area contributed by atoms with E-state index in [2.05, 4.69) is 25.8 Å². The van der Waals surface area contributed by atoms with Gasteiger partial charge in [-0.1, -0.05) is 44.5 Å². The topological polar surface area (TPSA) is 52.0 Å². The van der Waals surface area contributed by atoms with Crippen LogP contribution in [0.4, 0.5) is 0 Å². The highest BCUT2D eigenvalue weighted by Crippen LogP contribution is 2.27. The third-order valence-corrected chi connectivity index (χ3v) is 5.63. The van der Waals surface area contributed by atoms with E-state index in [1.807, 2.05) is 6.07 Å². The predicted molar refractivity (Wildman–Crippen MR) is 92.5 cm³/mol. The molecule has 0 fully saturated rings. The molecule has 0 amide bonds. The largest absolute Gasteiger partial charge is 0.268 e. The van der Waals surface area contributed by atoms with Crippen LogP contribution in [0.3, 0.4) is 0 Å². The lowest BCUT2D eigenvalue weighted by Crippen LogP contribution is -2.15. The zero-order valence-corrected chi connectivity index (χ0v) is 14.7. The normalized spacial score (nSPS) is 12.7. The Morgan fingerprint density at radius 3 is 2.52 bits per heavy atom. The Balaban J connectivity index is 2.18. The molecule has 0 atom stereocenters. The molecule has 0 unspecified atom stereocenters. The molecule has 0 saturated carbocycles. The molecule has 0 aliphatic rings. The molecule has 0 saturated heterocycles. The fourth-order valence-electron chi connectivity index (χ4n) is 2.42. The van der Waals surface area contributed by atoms with E-state index in [9.17, 15) is 8.42 Å². The van der Waals surface area contributed by atoms with Crippen LogP contribution in [-0.2, 0) is 15.4 Å². The Bertz CT molecular complexity index is 985. The summed E-state index contributed by atoms with van der Waals surface area (Å²) in [6, 6.07) is 11.9. The van der Waals surface area contributed by atoms with E-state index in [0.29, 0.717) is 16.2 Å². The average molecular weight is 349 g/mol. The number of aromatic nitrogens is 2. The number of hydrogen-bond donors (Lipinski definition) is 0. The molecule has 23 heavy (non-hydrogen) atoms. The van der Waals surface area contributed by atoms with Crippen LogP contribution >= 0.6 is 11.6 Å². The van der Waals surface area contributed by atoms with Gasteiger partial charge in [0.25, 0.3) is 10.0 Å². The molecular weight excluding hydrogens is 332 g/mol. The molecule has 120 valence electrons. The Morgan fingerprint density at radius 1 is 1.09 bits per heavy atom. The van der Waals surface area contributed by atoms with Crippen molar-refractivity contribution in [3.8, 4) is 0 Å². The van der Waals surface area contributed by atoms with Gasteiger partial charge in [-0.3, -0.25) is 0 Å². The van der Waals surface area contributed by atoms with Gasteiger partial charge in [0.2, 0.25) is 0 Å². The number of nitrogens with zero attached hydrogens (tertiary/aromatic N) is 2. The van der Waals surface area contributed by atoms with Crippen LogP contribution in [0.5, 0.6) is 0 Å². The number of benzene rings is 1. The SMILES string of the molecule is CC(C)(C)c1cccc(S(=O)(=O)n2ccc3nc(Cl)ccc32)c1. The minimum atomic E-state index is -3.68. The van der Waals surface area contributed by atoms with Crippen LogP contribution in [-0.4, -0.2) is 17.4 Å². The fraction of sp³-hybridized carbons (Fsp3) is 0.235. The lowest BCUT2D eigenvalue weighted by atomic mass is 9.87. The summed E-state index contributed by atoms with van der Waals surface area (Å²) >= 11 is 5.86. The van der Waals surface area contributed by atoms with E-state index in [1.54, 1.807) is 36.4 Å². The van der Waals surface area contributed by atoms with Crippen molar-refractivity contribution < 1.29 is 8.42 Å². The molecule has 0 spiro atoms. The van der Waals surface area contributed by atoms with Crippen LogP contribution in [0.2, 0.25) is 5.15 Å². The number of pyridine rings is 1. The van der Waals surface area contributed by atoms with Crippen LogP contribution in [0.25, 0.3) is 11.0 Å².